The zero-order valence-electron chi connectivity index (χ0n) is 11.3. The van der Waals surface area contributed by atoms with Crippen molar-refractivity contribution in [2.75, 3.05) is 6.61 Å². The van der Waals surface area contributed by atoms with E-state index in [0.29, 0.717) is 0 Å². The van der Waals surface area contributed by atoms with Crippen molar-refractivity contribution in [1.82, 2.24) is 0 Å². The van der Waals surface area contributed by atoms with Gasteiger partial charge in [0.2, 0.25) is 0 Å². The van der Waals surface area contributed by atoms with Crippen LogP contribution in [0, 0.1) is 0 Å². The van der Waals surface area contributed by atoms with Gasteiger partial charge in [0, 0.05) is 0 Å². The van der Waals surface area contributed by atoms with Crippen LogP contribution in [0.2, 0.25) is 0 Å². The molecular weight excluding hydrogens is 268 g/mol. The van der Waals surface area contributed by atoms with Gasteiger partial charge in [-0.1, -0.05) is 19.3 Å². The zero-order valence-corrected chi connectivity index (χ0v) is 11.3. The standard InChI is InChI=1S/C13H24O7/c14-6-8(15)12-10(17)9(16)11(18)13(20-12)19-7-4-2-1-3-5-7/h7-18H,1-6H2/t8-,9-,10+,11-,12+,13-/m1/s1. The van der Waals surface area contributed by atoms with E-state index in [1.807, 2.05) is 0 Å². The van der Waals surface area contributed by atoms with Gasteiger partial charge in [0.1, 0.15) is 30.5 Å². The fraction of sp³-hybridized carbons (Fsp3) is 1.00. The molecule has 0 aromatic carbocycles. The van der Waals surface area contributed by atoms with Crippen molar-refractivity contribution in [3.63, 3.8) is 0 Å². The zero-order chi connectivity index (χ0) is 14.7. The van der Waals surface area contributed by atoms with Crippen LogP contribution in [0.1, 0.15) is 32.1 Å². The molecule has 0 unspecified atom stereocenters. The van der Waals surface area contributed by atoms with Crippen molar-refractivity contribution in [1.29, 1.82) is 0 Å². The van der Waals surface area contributed by atoms with Crippen molar-refractivity contribution in [3.05, 3.63) is 0 Å². The van der Waals surface area contributed by atoms with E-state index in [9.17, 15) is 20.4 Å². The minimum Gasteiger partial charge on any atom is -0.394 e. The lowest BCUT2D eigenvalue weighted by Crippen LogP contribution is -2.62. The van der Waals surface area contributed by atoms with Crippen LogP contribution >= 0.6 is 0 Å². The molecule has 0 radical (unpaired) electrons. The molecule has 2 rings (SSSR count). The Balaban J connectivity index is 1.99. The lowest BCUT2D eigenvalue weighted by molar-refractivity contribution is -0.322. The molecule has 0 amide bonds. The first kappa shape index (κ1) is 16.1. The molecule has 2 aliphatic rings. The van der Waals surface area contributed by atoms with Crippen LogP contribution in [0.5, 0.6) is 0 Å². The normalized spacial score (nSPS) is 41.5. The van der Waals surface area contributed by atoms with Crippen LogP contribution in [0.3, 0.4) is 0 Å². The molecule has 118 valence electrons. The Hall–Kier alpha value is -0.280. The van der Waals surface area contributed by atoms with Gasteiger partial charge in [-0.3, -0.25) is 0 Å². The molecule has 2 fully saturated rings. The highest BCUT2D eigenvalue weighted by Crippen LogP contribution is 2.28. The fourth-order valence-corrected chi connectivity index (χ4v) is 2.80. The summed E-state index contributed by atoms with van der Waals surface area (Å²) in [5, 5.41) is 48.0. The number of hydrogen-bond acceptors (Lipinski definition) is 7. The Morgan fingerprint density at radius 1 is 1.00 bits per heavy atom. The molecule has 1 aliphatic carbocycles. The molecule has 1 aliphatic heterocycles. The molecule has 0 aromatic heterocycles. The third-order valence-electron chi connectivity index (χ3n) is 4.05. The number of hydrogen-bond donors (Lipinski definition) is 5. The molecule has 0 aromatic rings. The summed E-state index contributed by atoms with van der Waals surface area (Å²) in [7, 11) is 0. The monoisotopic (exact) mass is 292 g/mol. The van der Waals surface area contributed by atoms with Gasteiger partial charge in [-0.25, -0.2) is 0 Å². The topological polar surface area (TPSA) is 120 Å². The van der Waals surface area contributed by atoms with Gasteiger partial charge in [0.05, 0.1) is 12.7 Å². The molecule has 7 nitrogen and oxygen atoms in total. The first-order valence-electron chi connectivity index (χ1n) is 7.18. The molecule has 0 bridgehead atoms. The number of aliphatic hydroxyl groups excluding tert-OH is 5. The fourth-order valence-electron chi connectivity index (χ4n) is 2.80. The summed E-state index contributed by atoms with van der Waals surface area (Å²) < 4.78 is 11.0. The van der Waals surface area contributed by atoms with E-state index in [4.69, 9.17) is 14.6 Å². The van der Waals surface area contributed by atoms with Crippen molar-refractivity contribution in [2.24, 2.45) is 0 Å². The lowest BCUT2D eigenvalue weighted by atomic mass is 9.94. The molecule has 7 heteroatoms. The van der Waals surface area contributed by atoms with Gasteiger partial charge >= 0.3 is 0 Å². The number of aliphatic hydroxyl groups is 5. The minimum absolute atomic E-state index is 0.0576. The molecular formula is C13H24O7. The van der Waals surface area contributed by atoms with E-state index in [0.717, 1.165) is 32.1 Å². The van der Waals surface area contributed by atoms with Crippen LogP contribution in [0.25, 0.3) is 0 Å². The second-order valence-electron chi connectivity index (χ2n) is 5.59. The summed E-state index contributed by atoms with van der Waals surface area (Å²) in [4.78, 5) is 0. The van der Waals surface area contributed by atoms with E-state index in [1.54, 1.807) is 0 Å². The third-order valence-corrected chi connectivity index (χ3v) is 4.05. The summed E-state index contributed by atoms with van der Waals surface area (Å²) in [5.41, 5.74) is 0. The van der Waals surface area contributed by atoms with Crippen LogP contribution in [0.4, 0.5) is 0 Å². The maximum atomic E-state index is 9.91. The summed E-state index contributed by atoms with van der Waals surface area (Å²) >= 11 is 0. The average Bonchev–Trinajstić information content (AvgIpc) is 2.48. The molecule has 5 N–H and O–H groups in total. The Kier molecular flexibility index (Phi) is 5.74. The van der Waals surface area contributed by atoms with Gasteiger partial charge < -0.3 is 35.0 Å². The second-order valence-corrected chi connectivity index (χ2v) is 5.59. The first-order chi connectivity index (χ1) is 9.54. The lowest BCUT2D eigenvalue weighted by Gasteiger charge is -2.43. The number of rotatable bonds is 4. The predicted octanol–water partition coefficient (Wildman–Crippen LogP) is -1.50. The van der Waals surface area contributed by atoms with Gasteiger partial charge in [0.15, 0.2) is 6.29 Å². The van der Waals surface area contributed by atoms with Gasteiger partial charge in [-0.15, -0.1) is 0 Å². The highest BCUT2D eigenvalue weighted by molar-refractivity contribution is 4.92. The smallest absolute Gasteiger partial charge is 0.186 e. The summed E-state index contributed by atoms with van der Waals surface area (Å²) in [6, 6.07) is 0. The summed E-state index contributed by atoms with van der Waals surface area (Å²) in [6.07, 6.45) is -3.08. The van der Waals surface area contributed by atoms with Crippen molar-refractivity contribution in [3.8, 4) is 0 Å². The van der Waals surface area contributed by atoms with Gasteiger partial charge in [-0.2, -0.15) is 0 Å². The summed E-state index contributed by atoms with van der Waals surface area (Å²) in [5.74, 6) is 0. The molecule has 6 atom stereocenters. The first-order valence-corrected chi connectivity index (χ1v) is 7.18. The van der Waals surface area contributed by atoms with Gasteiger partial charge in [-0.05, 0) is 12.8 Å². The van der Waals surface area contributed by atoms with Crippen molar-refractivity contribution >= 4 is 0 Å². The summed E-state index contributed by atoms with van der Waals surface area (Å²) in [6.45, 7) is -0.610. The molecule has 1 heterocycles. The van der Waals surface area contributed by atoms with Crippen molar-refractivity contribution in [2.45, 2.75) is 75.0 Å². The molecule has 0 spiro atoms. The van der Waals surface area contributed by atoms with E-state index in [-0.39, 0.29) is 6.10 Å². The minimum atomic E-state index is -1.48. The average molecular weight is 292 g/mol. The van der Waals surface area contributed by atoms with Crippen LogP contribution in [-0.4, -0.2) is 75.1 Å². The highest BCUT2D eigenvalue weighted by atomic mass is 16.7. The van der Waals surface area contributed by atoms with E-state index < -0.39 is 43.4 Å². The number of ether oxygens (including phenoxy) is 2. The SMILES string of the molecule is OC[C@@H](O)[C@@H]1O[C@@H](OC2CCCCC2)[C@H](O)[C@H](O)[C@@H]1O. The molecule has 1 saturated heterocycles. The Morgan fingerprint density at radius 2 is 1.65 bits per heavy atom. The quantitative estimate of drug-likeness (QED) is 0.427. The van der Waals surface area contributed by atoms with Gasteiger partial charge in [0.25, 0.3) is 0 Å². The van der Waals surface area contributed by atoms with E-state index in [2.05, 4.69) is 0 Å². The Bertz CT molecular complexity index is 294. The largest absolute Gasteiger partial charge is 0.394 e. The maximum absolute atomic E-state index is 9.91. The predicted molar refractivity (Wildman–Crippen MR) is 67.7 cm³/mol. The maximum Gasteiger partial charge on any atom is 0.186 e. The Morgan fingerprint density at radius 3 is 2.25 bits per heavy atom. The van der Waals surface area contributed by atoms with Crippen molar-refractivity contribution < 1.29 is 35.0 Å². The van der Waals surface area contributed by atoms with E-state index in [1.165, 1.54) is 0 Å². The van der Waals surface area contributed by atoms with Crippen LogP contribution in [-0.2, 0) is 9.47 Å². The van der Waals surface area contributed by atoms with Crippen LogP contribution < -0.4 is 0 Å². The molecule has 1 saturated carbocycles. The van der Waals surface area contributed by atoms with E-state index >= 15 is 0 Å². The highest BCUT2D eigenvalue weighted by Gasteiger charge is 2.47. The second kappa shape index (κ2) is 7.13. The van der Waals surface area contributed by atoms with Crippen LogP contribution in [0.15, 0.2) is 0 Å². The Labute approximate surface area is 117 Å². The third kappa shape index (κ3) is 3.48. The molecule has 20 heavy (non-hydrogen) atoms.